The molecule has 1 aliphatic rings. The predicted octanol–water partition coefficient (Wildman–Crippen LogP) is 4.08. The van der Waals surface area contributed by atoms with E-state index < -0.39 is 0 Å². The fraction of sp³-hybridized carbons (Fsp3) is 0.0714. The Hall–Kier alpha value is -1.72. The molecule has 0 aromatic heterocycles. The molecular weight excluding hydrogens is 346 g/mol. The maximum absolute atomic E-state index is 12.1. The van der Waals surface area contributed by atoms with E-state index in [-0.39, 0.29) is 12.7 Å². The molecule has 2 aromatic carbocycles. The molecule has 0 fully saturated rings. The van der Waals surface area contributed by atoms with Gasteiger partial charge in [-0.15, -0.1) is 0 Å². The topological polar surface area (TPSA) is 47.6 Å². The average Bonchev–Trinajstić information content (AvgIpc) is 2.89. The third-order valence-electron chi connectivity index (χ3n) is 2.81. The van der Waals surface area contributed by atoms with E-state index in [1.54, 1.807) is 36.4 Å². The molecule has 0 spiro atoms. The molecule has 0 radical (unpaired) electrons. The molecule has 6 heteroatoms. The number of carbonyl (C=O) groups is 1. The number of ether oxygens (including phenoxy) is 2. The molecule has 1 heterocycles. The van der Waals surface area contributed by atoms with E-state index >= 15 is 0 Å². The highest BCUT2D eigenvalue weighted by molar-refractivity contribution is 9.10. The maximum Gasteiger partial charge on any atom is 0.255 e. The molecule has 0 unspecified atom stereocenters. The number of halogens is 2. The molecule has 3 rings (SSSR count). The standard InChI is InChI=1S/C14H9BrClNO3/c15-10-3-1-8(5-11(10)16)14(18)17-9-2-4-12-13(6-9)20-7-19-12/h1-6H,7H2,(H,17,18). The van der Waals surface area contributed by atoms with Crippen molar-refractivity contribution < 1.29 is 14.3 Å². The first-order valence-corrected chi connectivity index (χ1v) is 6.96. The molecule has 4 nitrogen and oxygen atoms in total. The summed E-state index contributed by atoms with van der Waals surface area (Å²) < 4.78 is 11.2. The van der Waals surface area contributed by atoms with Gasteiger partial charge in [0.25, 0.3) is 5.91 Å². The quantitative estimate of drug-likeness (QED) is 0.884. The molecule has 0 aliphatic carbocycles. The van der Waals surface area contributed by atoms with Gasteiger partial charge >= 0.3 is 0 Å². The highest BCUT2D eigenvalue weighted by Crippen LogP contribution is 2.34. The predicted molar refractivity (Wildman–Crippen MR) is 79.7 cm³/mol. The second-order valence-corrected chi connectivity index (χ2v) is 5.41. The molecule has 20 heavy (non-hydrogen) atoms. The van der Waals surface area contributed by atoms with Crippen LogP contribution in [0.4, 0.5) is 5.69 Å². The maximum atomic E-state index is 12.1. The van der Waals surface area contributed by atoms with Crippen molar-refractivity contribution in [3.8, 4) is 11.5 Å². The first-order valence-electron chi connectivity index (χ1n) is 5.79. The van der Waals surface area contributed by atoms with Crippen LogP contribution in [0.25, 0.3) is 0 Å². The van der Waals surface area contributed by atoms with Crippen LogP contribution in [0.15, 0.2) is 40.9 Å². The Morgan fingerprint density at radius 3 is 2.75 bits per heavy atom. The summed E-state index contributed by atoms with van der Waals surface area (Å²) in [6.07, 6.45) is 0. The normalized spacial score (nSPS) is 12.3. The van der Waals surface area contributed by atoms with Gasteiger partial charge in [0.15, 0.2) is 11.5 Å². The third kappa shape index (κ3) is 2.59. The van der Waals surface area contributed by atoms with Crippen LogP contribution in [0, 0.1) is 0 Å². The molecule has 1 amide bonds. The van der Waals surface area contributed by atoms with E-state index in [2.05, 4.69) is 21.2 Å². The van der Waals surface area contributed by atoms with Gasteiger partial charge in [0, 0.05) is 21.8 Å². The van der Waals surface area contributed by atoms with E-state index in [1.807, 2.05) is 0 Å². The van der Waals surface area contributed by atoms with Crippen LogP contribution in [0.2, 0.25) is 5.02 Å². The molecule has 0 bridgehead atoms. The average molecular weight is 355 g/mol. The number of fused-ring (bicyclic) bond motifs is 1. The summed E-state index contributed by atoms with van der Waals surface area (Å²) in [5.41, 5.74) is 1.12. The van der Waals surface area contributed by atoms with Crippen molar-refractivity contribution in [3.63, 3.8) is 0 Å². The lowest BCUT2D eigenvalue weighted by Crippen LogP contribution is -2.11. The minimum Gasteiger partial charge on any atom is -0.454 e. The molecular formula is C14H9BrClNO3. The molecule has 102 valence electrons. The van der Waals surface area contributed by atoms with Crippen LogP contribution in [0.3, 0.4) is 0 Å². The van der Waals surface area contributed by atoms with Crippen molar-refractivity contribution in [3.05, 3.63) is 51.5 Å². The zero-order valence-corrected chi connectivity index (χ0v) is 12.5. The van der Waals surface area contributed by atoms with Crippen molar-refractivity contribution in [2.45, 2.75) is 0 Å². The number of carbonyl (C=O) groups excluding carboxylic acids is 1. The Labute approximate surface area is 128 Å². The Morgan fingerprint density at radius 2 is 1.95 bits per heavy atom. The second-order valence-electron chi connectivity index (χ2n) is 4.15. The fourth-order valence-corrected chi connectivity index (χ4v) is 2.24. The van der Waals surface area contributed by atoms with E-state index in [1.165, 1.54) is 0 Å². The lowest BCUT2D eigenvalue weighted by molar-refractivity contribution is 0.102. The van der Waals surface area contributed by atoms with E-state index in [0.717, 1.165) is 4.47 Å². The number of hydrogen-bond acceptors (Lipinski definition) is 3. The summed E-state index contributed by atoms with van der Waals surface area (Å²) in [5, 5.41) is 3.28. The molecule has 2 aromatic rings. The second kappa shape index (κ2) is 5.34. The summed E-state index contributed by atoms with van der Waals surface area (Å²) in [6, 6.07) is 10.3. The smallest absolute Gasteiger partial charge is 0.255 e. The Bertz CT molecular complexity index is 690. The molecule has 0 saturated heterocycles. The SMILES string of the molecule is O=C(Nc1ccc2c(c1)OCO2)c1ccc(Br)c(Cl)c1. The van der Waals surface area contributed by atoms with Crippen molar-refractivity contribution in [1.29, 1.82) is 0 Å². The van der Waals surface area contributed by atoms with Gasteiger partial charge in [-0.2, -0.15) is 0 Å². The van der Waals surface area contributed by atoms with Crippen molar-refractivity contribution in [2.75, 3.05) is 12.1 Å². The number of benzene rings is 2. The highest BCUT2D eigenvalue weighted by atomic mass is 79.9. The van der Waals surface area contributed by atoms with E-state index in [9.17, 15) is 4.79 Å². The van der Waals surface area contributed by atoms with Gasteiger partial charge in [-0.1, -0.05) is 11.6 Å². The van der Waals surface area contributed by atoms with Crippen LogP contribution in [-0.2, 0) is 0 Å². The van der Waals surface area contributed by atoms with E-state index in [0.29, 0.717) is 27.8 Å². The van der Waals surface area contributed by atoms with Crippen LogP contribution in [-0.4, -0.2) is 12.7 Å². The van der Waals surface area contributed by atoms with Gasteiger partial charge in [-0.05, 0) is 46.3 Å². The van der Waals surface area contributed by atoms with Gasteiger partial charge in [0.1, 0.15) is 0 Å². The van der Waals surface area contributed by atoms with Gasteiger partial charge in [-0.3, -0.25) is 4.79 Å². The Balaban J connectivity index is 1.80. The van der Waals surface area contributed by atoms with Crippen molar-refractivity contribution >= 4 is 39.1 Å². The number of hydrogen-bond donors (Lipinski definition) is 1. The van der Waals surface area contributed by atoms with Gasteiger partial charge in [0.2, 0.25) is 6.79 Å². The summed E-state index contributed by atoms with van der Waals surface area (Å²) in [5.74, 6) is 1.06. The van der Waals surface area contributed by atoms with E-state index in [4.69, 9.17) is 21.1 Å². The zero-order chi connectivity index (χ0) is 14.1. The summed E-state index contributed by atoms with van der Waals surface area (Å²) in [7, 11) is 0. The Kier molecular flexibility index (Phi) is 3.54. The van der Waals surface area contributed by atoms with Gasteiger partial charge in [-0.25, -0.2) is 0 Å². The summed E-state index contributed by atoms with van der Waals surface area (Å²) in [4.78, 5) is 12.1. The van der Waals surface area contributed by atoms with Crippen molar-refractivity contribution in [1.82, 2.24) is 0 Å². The lowest BCUT2D eigenvalue weighted by Gasteiger charge is -2.07. The largest absolute Gasteiger partial charge is 0.454 e. The Morgan fingerprint density at radius 1 is 1.15 bits per heavy atom. The van der Waals surface area contributed by atoms with Crippen LogP contribution >= 0.6 is 27.5 Å². The zero-order valence-electron chi connectivity index (χ0n) is 10.2. The molecule has 0 saturated carbocycles. The van der Waals surface area contributed by atoms with Crippen LogP contribution in [0.1, 0.15) is 10.4 Å². The van der Waals surface area contributed by atoms with Gasteiger partial charge < -0.3 is 14.8 Å². The van der Waals surface area contributed by atoms with Crippen LogP contribution in [0.5, 0.6) is 11.5 Å². The first kappa shape index (κ1) is 13.3. The number of amides is 1. The van der Waals surface area contributed by atoms with Crippen LogP contribution < -0.4 is 14.8 Å². The molecule has 0 atom stereocenters. The number of nitrogens with one attached hydrogen (secondary N) is 1. The fourth-order valence-electron chi connectivity index (χ4n) is 1.81. The molecule has 1 N–H and O–H groups in total. The minimum absolute atomic E-state index is 0.203. The third-order valence-corrected chi connectivity index (χ3v) is 4.04. The first-order chi connectivity index (χ1) is 9.63. The van der Waals surface area contributed by atoms with Crippen molar-refractivity contribution in [2.24, 2.45) is 0 Å². The number of rotatable bonds is 2. The van der Waals surface area contributed by atoms with Gasteiger partial charge in [0.05, 0.1) is 5.02 Å². The minimum atomic E-state index is -0.238. The summed E-state index contributed by atoms with van der Waals surface area (Å²) >= 11 is 9.26. The monoisotopic (exact) mass is 353 g/mol. The highest BCUT2D eigenvalue weighted by Gasteiger charge is 2.15. The molecule has 1 aliphatic heterocycles. The number of anilines is 1. The summed E-state index contributed by atoms with van der Waals surface area (Å²) in [6.45, 7) is 0.203. The lowest BCUT2D eigenvalue weighted by atomic mass is 10.2.